The Balaban J connectivity index is 2.10. The van der Waals surface area contributed by atoms with Crippen molar-refractivity contribution in [1.82, 2.24) is 4.98 Å². The van der Waals surface area contributed by atoms with Gasteiger partial charge in [-0.1, -0.05) is 23.7 Å². The molecule has 0 amide bonds. The van der Waals surface area contributed by atoms with Gasteiger partial charge in [0.15, 0.2) is 5.15 Å². The third-order valence-electron chi connectivity index (χ3n) is 2.31. The van der Waals surface area contributed by atoms with Gasteiger partial charge in [0.25, 0.3) is 0 Å². The van der Waals surface area contributed by atoms with Crippen LogP contribution in [0, 0.1) is 5.82 Å². The lowest BCUT2D eigenvalue weighted by Crippen LogP contribution is -2.03. The van der Waals surface area contributed by atoms with Crippen LogP contribution in [0.5, 0.6) is 0 Å². The third kappa shape index (κ3) is 2.85. The average Bonchev–Trinajstić information content (AvgIpc) is 2.31. The molecule has 5 heteroatoms. The highest BCUT2D eigenvalue weighted by Gasteiger charge is 2.03. The number of pyridine rings is 1. The molecule has 17 heavy (non-hydrogen) atoms. The first-order chi connectivity index (χ1) is 8.16. The van der Waals surface area contributed by atoms with E-state index in [-0.39, 0.29) is 11.0 Å². The Bertz CT molecular complexity index is 531. The molecule has 3 N–H and O–H groups in total. The molecule has 0 saturated heterocycles. The van der Waals surface area contributed by atoms with Crippen molar-refractivity contribution in [2.24, 2.45) is 0 Å². The minimum atomic E-state index is -0.259. The van der Waals surface area contributed by atoms with Gasteiger partial charge in [0.1, 0.15) is 5.82 Å². The number of hydrogen-bond acceptors (Lipinski definition) is 3. The van der Waals surface area contributed by atoms with E-state index in [1.165, 1.54) is 12.1 Å². The normalized spacial score (nSPS) is 10.2. The molecule has 0 aliphatic rings. The van der Waals surface area contributed by atoms with Crippen LogP contribution in [0.2, 0.25) is 5.15 Å². The van der Waals surface area contributed by atoms with Crippen LogP contribution in [0.25, 0.3) is 0 Å². The highest BCUT2D eigenvalue weighted by atomic mass is 35.5. The molecule has 1 aromatic heterocycles. The quantitative estimate of drug-likeness (QED) is 0.825. The summed E-state index contributed by atoms with van der Waals surface area (Å²) in [6.45, 7) is 0.475. The lowest BCUT2D eigenvalue weighted by molar-refractivity contribution is 0.626. The molecule has 1 aromatic carbocycles. The molecule has 0 atom stereocenters. The number of hydrogen-bond donors (Lipinski definition) is 2. The van der Waals surface area contributed by atoms with Crippen LogP contribution in [-0.4, -0.2) is 4.98 Å². The van der Waals surface area contributed by atoms with Crippen molar-refractivity contribution in [1.29, 1.82) is 0 Å². The van der Waals surface area contributed by atoms with Crippen LogP contribution in [0.4, 0.5) is 15.8 Å². The van der Waals surface area contributed by atoms with Crippen molar-refractivity contribution >= 4 is 23.0 Å². The molecule has 88 valence electrons. The van der Waals surface area contributed by atoms with Crippen LogP contribution in [0.1, 0.15) is 5.56 Å². The van der Waals surface area contributed by atoms with E-state index >= 15 is 0 Å². The van der Waals surface area contributed by atoms with Gasteiger partial charge in [0, 0.05) is 12.7 Å². The van der Waals surface area contributed by atoms with Crippen molar-refractivity contribution in [2.75, 3.05) is 11.1 Å². The molecule has 0 fully saturated rings. The lowest BCUT2D eigenvalue weighted by atomic mass is 10.2. The summed E-state index contributed by atoms with van der Waals surface area (Å²) in [4.78, 5) is 3.85. The van der Waals surface area contributed by atoms with Crippen LogP contribution >= 0.6 is 11.6 Å². The number of benzene rings is 1. The number of rotatable bonds is 3. The van der Waals surface area contributed by atoms with E-state index in [0.29, 0.717) is 17.9 Å². The highest BCUT2D eigenvalue weighted by Crippen LogP contribution is 2.24. The minimum absolute atomic E-state index is 0.259. The Hall–Kier alpha value is -1.81. The number of nitrogen functional groups attached to an aromatic ring is 1. The number of aromatic nitrogens is 1. The van der Waals surface area contributed by atoms with E-state index in [2.05, 4.69) is 10.3 Å². The topological polar surface area (TPSA) is 50.9 Å². The maximum Gasteiger partial charge on any atom is 0.153 e. The number of anilines is 2. The van der Waals surface area contributed by atoms with Crippen molar-refractivity contribution in [3.63, 3.8) is 0 Å². The molecule has 2 aromatic rings. The Kier molecular flexibility index (Phi) is 3.44. The summed E-state index contributed by atoms with van der Waals surface area (Å²) in [5, 5.41) is 3.34. The number of nitrogens with zero attached hydrogens (tertiary/aromatic N) is 1. The molecule has 0 spiro atoms. The zero-order chi connectivity index (χ0) is 12.3. The fourth-order valence-electron chi connectivity index (χ4n) is 1.45. The standard InChI is InChI=1S/C12H11ClFN3/c13-12-11(15)10(4-5-16-12)17-7-8-2-1-3-9(14)6-8/h1-6H,7,15H2,(H,16,17). The molecule has 0 unspecified atom stereocenters. The SMILES string of the molecule is Nc1c(NCc2cccc(F)c2)ccnc1Cl. The van der Waals surface area contributed by atoms with E-state index in [1.807, 2.05) is 6.07 Å². The molecule has 0 saturated carbocycles. The maximum absolute atomic E-state index is 13.0. The van der Waals surface area contributed by atoms with E-state index in [0.717, 1.165) is 5.56 Å². The predicted molar refractivity (Wildman–Crippen MR) is 67.4 cm³/mol. The average molecular weight is 252 g/mol. The molecule has 1 heterocycles. The fraction of sp³-hybridized carbons (Fsp3) is 0.0833. The largest absolute Gasteiger partial charge is 0.395 e. The third-order valence-corrected chi connectivity index (χ3v) is 2.61. The van der Waals surface area contributed by atoms with Gasteiger partial charge >= 0.3 is 0 Å². The summed E-state index contributed by atoms with van der Waals surface area (Å²) in [5.41, 5.74) is 7.66. The van der Waals surface area contributed by atoms with Crippen LogP contribution in [0.15, 0.2) is 36.5 Å². The number of nitrogens with two attached hydrogens (primary N) is 1. The monoisotopic (exact) mass is 251 g/mol. The molecular formula is C12H11ClFN3. The molecule has 0 radical (unpaired) electrons. The Morgan fingerprint density at radius 1 is 1.35 bits per heavy atom. The number of halogens is 2. The second-order valence-electron chi connectivity index (χ2n) is 3.55. The smallest absolute Gasteiger partial charge is 0.153 e. The van der Waals surface area contributed by atoms with Crippen LogP contribution in [-0.2, 0) is 6.54 Å². The lowest BCUT2D eigenvalue weighted by Gasteiger charge is -2.09. The van der Waals surface area contributed by atoms with Gasteiger partial charge in [-0.05, 0) is 23.8 Å². The van der Waals surface area contributed by atoms with Crippen molar-refractivity contribution in [3.8, 4) is 0 Å². The van der Waals surface area contributed by atoms with Gasteiger partial charge in [0.05, 0.1) is 11.4 Å². The molecular weight excluding hydrogens is 241 g/mol. The summed E-state index contributed by atoms with van der Waals surface area (Å²) >= 11 is 5.78. The molecule has 0 aliphatic carbocycles. The first-order valence-corrected chi connectivity index (χ1v) is 5.43. The fourth-order valence-corrected chi connectivity index (χ4v) is 1.60. The first kappa shape index (κ1) is 11.7. The highest BCUT2D eigenvalue weighted by molar-refractivity contribution is 6.32. The van der Waals surface area contributed by atoms with E-state index < -0.39 is 0 Å². The van der Waals surface area contributed by atoms with E-state index in [1.54, 1.807) is 18.3 Å². The van der Waals surface area contributed by atoms with Gasteiger partial charge in [-0.25, -0.2) is 9.37 Å². The second kappa shape index (κ2) is 5.01. The summed E-state index contributed by atoms with van der Waals surface area (Å²) < 4.78 is 13.0. The first-order valence-electron chi connectivity index (χ1n) is 5.05. The van der Waals surface area contributed by atoms with Crippen molar-refractivity contribution < 1.29 is 4.39 Å². The summed E-state index contributed by atoms with van der Waals surface area (Å²) in [6.07, 6.45) is 1.56. The van der Waals surface area contributed by atoms with Crippen LogP contribution < -0.4 is 11.1 Å². The zero-order valence-corrected chi connectivity index (χ0v) is 9.71. The van der Waals surface area contributed by atoms with Crippen molar-refractivity contribution in [3.05, 3.63) is 53.1 Å². The summed E-state index contributed by atoms with van der Waals surface area (Å²) in [5.74, 6) is -0.259. The zero-order valence-electron chi connectivity index (χ0n) is 8.95. The van der Waals surface area contributed by atoms with Gasteiger partial charge in [-0.3, -0.25) is 0 Å². The second-order valence-corrected chi connectivity index (χ2v) is 3.90. The van der Waals surface area contributed by atoms with Crippen molar-refractivity contribution in [2.45, 2.75) is 6.54 Å². The van der Waals surface area contributed by atoms with Crippen LogP contribution in [0.3, 0.4) is 0 Å². The Morgan fingerprint density at radius 3 is 2.94 bits per heavy atom. The molecule has 3 nitrogen and oxygen atoms in total. The number of nitrogens with one attached hydrogen (secondary N) is 1. The minimum Gasteiger partial charge on any atom is -0.395 e. The Morgan fingerprint density at radius 2 is 2.18 bits per heavy atom. The summed E-state index contributed by atoms with van der Waals surface area (Å²) in [7, 11) is 0. The Labute approximate surface area is 103 Å². The maximum atomic E-state index is 13.0. The molecule has 0 aliphatic heterocycles. The van der Waals surface area contributed by atoms with Gasteiger partial charge < -0.3 is 11.1 Å². The predicted octanol–water partition coefficient (Wildman–Crippen LogP) is 3.07. The van der Waals surface area contributed by atoms with Gasteiger partial charge in [-0.15, -0.1) is 0 Å². The van der Waals surface area contributed by atoms with Gasteiger partial charge in [-0.2, -0.15) is 0 Å². The van der Waals surface area contributed by atoms with E-state index in [4.69, 9.17) is 17.3 Å². The molecule has 2 rings (SSSR count). The van der Waals surface area contributed by atoms with E-state index in [9.17, 15) is 4.39 Å². The summed E-state index contributed by atoms with van der Waals surface area (Å²) in [6, 6.07) is 8.08. The molecule has 0 bridgehead atoms. The van der Waals surface area contributed by atoms with Gasteiger partial charge in [0.2, 0.25) is 0 Å².